The molecule has 2 rings (SSSR count). The van der Waals surface area contributed by atoms with Crippen LogP contribution in [0.15, 0.2) is 11.8 Å². The average molecular weight is 541 g/mol. The highest BCUT2D eigenvalue weighted by molar-refractivity contribution is 7.87. The van der Waals surface area contributed by atoms with Crippen molar-refractivity contribution in [2.45, 2.75) is 117 Å². The zero-order chi connectivity index (χ0) is 27.0. The summed E-state index contributed by atoms with van der Waals surface area (Å²) < 4.78 is 73.6. The Morgan fingerprint density at radius 3 is 2.14 bits per heavy atom. The van der Waals surface area contributed by atoms with Gasteiger partial charge in [0.25, 0.3) is 0 Å². The minimum Gasteiger partial charge on any atom is -0.412 e. The van der Waals surface area contributed by atoms with Gasteiger partial charge in [0.2, 0.25) is 0 Å². The molecule has 206 valence electrons. The minimum atomic E-state index is -5.64. The Morgan fingerprint density at radius 1 is 1.09 bits per heavy atom. The van der Waals surface area contributed by atoms with Gasteiger partial charge >= 0.3 is 15.6 Å². The van der Waals surface area contributed by atoms with Gasteiger partial charge in [-0.05, 0) is 86.9 Å². The number of hydrogen-bond donors (Lipinski definition) is 0. The molecule has 4 nitrogen and oxygen atoms in total. The van der Waals surface area contributed by atoms with Crippen LogP contribution in [0.2, 0.25) is 19.6 Å². The Balaban J connectivity index is 2.12. The number of alkyl halides is 3. The van der Waals surface area contributed by atoms with Crippen LogP contribution in [0.3, 0.4) is 0 Å². The SMILES string of the molecule is CC(CCCC(O[Si](C)(C)C)(C(C)C)C(C)C)C1CCC2C(OS(=O)(=O)C(F)(F)F)=CCC[C@@]21C. The van der Waals surface area contributed by atoms with Gasteiger partial charge in [-0.1, -0.05) is 54.4 Å². The van der Waals surface area contributed by atoms with Crippen molar-refractivity contribution in [3.8, 4) is 0 Å². The molecule has 0 radical (unpaired) electrons. The smallest absolute Gasteiger partial charge is 0.412 e. The lowest BCUT2D eigenvalue weighted by molar-refractivity contribution is -0.0537. The Bertz CT molecular complexity index is 853. The third-order valence-electron chi connectivity index (χ3n) is 8.64. The fourth-order valence-electron chi connectivity index (χ4n) is 6.96. The van der Waals surface area contributed by atoms with Crippen molar-refractivity contribution in [2.75, 3.05) is 0 Å². The standard InChI is InChI=1S/C26H47F3O4SSi/c1-18(2)25(19(3)4,33-35(7,8)9)17-10-12-20(5)21-14-15-22-23(13-11-16-24(21,22)6)32-34(30,31)26(27,28)29/h13,18-22H,10-12,14-17H2,1-9H3/t20?,21?,22?,24-/m1/s1. The van der Waals surface area contributed by atoms with E-state index in [0.29, 0.717) is 36.5 Å². The molecule has 0 aromatic heterocycles. The summed E-state index contributed by atoms with van der Waals surface area (Å²) in [4.78, 5) is 0. The second-order valence-electron chi connectivity index (χ2n) is 12.7. The zero-order valence-corrected chi connectivity index (χ0v) is 24.9. The maximum absolute atomic E-state index is 12.9. The van der Waals surface area contributed by atoms with E-state index in [2.05, 4.69) is 65.4 Å². The van der Waals surface area contributed by atoms with Gasteiger partial charge in [0.05, 0.1) is 5.60 Å². The minimum absolute atomic E-state index is 0.00653. The number of rotatable bonds is 11. The molecule has 0 aromatic carbocycles. The maximum Gasteiger partial charge on any atom is 0.534 e. The van der Waals surface area contributed by atoms with Gasteiger partial charge in [-0.15, -0.1) is 0 Å². The molecule has 0 aromatic rings. The first-order valence-electron chi connectivity index (χ1n) is 13.2. The Labute approximate surface area is 212 Å². The number of halogens is 3. The monoisotopic (exact) mass is 540 g/mol. The van der Waals surface area contributed by atoms with Crippen molar-refractivity contribution in [1.82, 2.24) is 0 Å². The van der Waals surface area contributed by atoms with Crippen LogP contribution in [-0.2, 0) is 18.7 Å². The first kappa shape index (κ1) is 30.7. The Morgan fingerprint density at radius 2 is 1.66 bits per heavy atom. The van der Waals surface area contributed by atoms with E-state index in [1.165, 1.54) is 0 Å². The van der Waals surface area contributed by atoms with Gasteiger partial charge in [-0.2, -0.15) is 21.6 Å². The van der Waals surface area contributed by atoms with Crippen molar-refractivity contribution in [3.63, 3.8) is 0 Å². The van der Waals surface area contributed by atoms with Crippen LogP contribution in [0.25, 0.3) is 0 Å². The van der Waals surface area contributed by atoms with Crippen LogP contribution in [0.5, 0.6) is 0 Å². The van der Waals surface area contributed by atoms with Crippen LogP contribution < -0.4 is 0 Å². The lowest BCUT2D eigenvalue weighted by Crippen LogP contribution is -2.50. The zero-order valence-electron chi connectivity index (χ0n) is 23.1. The van der Waals surface area contributed by atoms with Crippen molar-refractivity contribution in [2.24, 2.45) is 35.0 Å². The van der Waals surface area contributed by atoms with Crippen molar-refractivity contribution in [3.05, 3.63) is 11.8 Å². The maximum atomic E-state index is 12.9. The summed E-state index contributed by atoms with van der Waals surface area (Å²) in [5.74, 6) is 1.20. The summed E-state index contributed by atoms with van der Waals surface area (Å²) in [6, 6.07) is 0. The van der Waals surface area contributed by atoms with Gasteiger partial charge in [0.15, 0.2) is 8.32 Å². The second kappa shape index (κ2) is 10.7. The largest absolute Gasteiger partial charge is 0.534 e. The molecule has 9 heteroatoms. The summed E-state index contributed by atoms with van der Waals surface area (Å²) >= 11 is 0. The van der Waals surface area contributed by atoms with E-state index >= 15 is 0 Å². The molecule has 2 aliphatic carbocycles. The molecule has 0 heterocycles. The first-order valence-corrected chi connectivity index (χ1v) is 18.0. The first-order chi connectivity index (χ1) is 15.8. The highest BCUT2D eigenvalue weighted by Crippen LogP contribution is 2.59. The quantitative estimate of drug-likeness (QED) is 0.150. The van der Waals surface area contributed by atoms with Gasteiger partial charge < -0.3 is 8.61 Å². The average Bonchev–Trinajstić information content (AvgIpc) is 3.02. The summed E-state index contributed by atoms with van der Waals surface area (Å²) in [5.41, 5.74) is -5.83. The Hall–Kier alpha value is -0.543. The van der Waals surface area contributed by atoms with Gasteiger partial charge in [-0.3, -0.25) is 0 Å². The molecule has 3 unspecified atom stereocenters. The predicted molar refractivity (Wildman–Crippen MR) is 138 cm³/mol. The lowest BCUT2D eigenvalue weighted by Gasteiger charge is -2.46. The topological polar surface area (TPSA) is 52.6 Å². The Kier molecular flexibility index (Phi) is 9.36. The van der Waals surface area contributed by atoms with Crippen molar-refractivity contribution < 1.29 is 30.2 Å². The normalized spacial score (nSPS) is 27.2. The van der Waals surface area contributed by atoms with Crippen molar-refractivity contribution >= 4 is 18.4 Å². The molecule has 1 saturated carbocycles. The van der Waals surface area contributed by atoms with Crippen LogP contribution in [0, 0.1) is 35.0 Å². The third-order valence-corrected chi connectivity index (χ3v) is 10.6. The molecular weight excluding hydrogens is 493 g/mol. The molecule has 4 atom stereocenters. The van der Waals surface area contributed by atoms with Crippen LogP contribution in [-0.4, -0.2) is 27.8 Å². The molecule has 0 N–H and O–H groups in total. The molecule has 35 heavy (non-hydrogen) atoms. The molecule has 2 aliphatic rings. The molecule has 0 aliphatic heterocycles. The molecular formula is C26H47F3O4SSi. The second-order valence-corrected chi connectivity index (χ2v) is 18.7. The van der Waals surface area contributed by atoms with E-state index in [1.807, 2.05) is 0 Å². The fraction of sp³-hybridized carbons (Fsp3) is 0.923. The van der Waals surface area contributed by atoms with E-state index < -0.39 is 23.9 Å². The summed E-state index contributed by atoms with van der Waals surface area (Å²) in [7, 11) is -7.39. The highest BCUT2D eigenvalue weighted by atomic mass is 32.2. The predicted octanol–water partition coefficient (Wildman–Crippen LogP) is 8.27. The molecule has 0 saturated heterocycles. The summed E-state index contributed by atoms with van der Waals surface area (Å²) in [5, 5.41) is 0. The number of hydrogen-bond acceptors (Lipinski definition) is 4. The van der Waals surface area contributed by atoms with Crippen LogP contribution >= 0.6 is 0 Å². The van der Waals surface area contributed by atoms with E-state index in [9.17, 15) is 21.6 Å². The van der Waals surface area contributed by atoms with E-state index in [0.717, 1.165) is 32.1 Å². The fourth-order valence-corrected chi connectivity index (χ4v) is 9.21. The van der Waals surface area contributed by atoms with Gasteiger partial charge in [0.1, 0.15) is 5.76 Å². The van der Waals surface area contributed by atoms with Gasteiger partial charge in [-0.25, -0.2) is 0 Å². The van der Waals surface area contributed by atoms with E-state index in [4.69, 9.17) is 4.43 Å². The molecule has 0 spiro atoms. The lowest BCUT2D eigenvalue weighted by atomic mass is 9.63. The summed E-state index contributed by atoms with van der Waals surface area (Å²) in [6.07, 6.45) is 7.49. The van der Waals surface area contributed by atoms with Crippen LogP contribution in [0.4, 0.5) is 13.2 Å². The van der Waals surface area contributed by atoms with E-state index in [-0.39, 0.29) is 22.7 Å². The van der Waals surface area contributed by atoms with Crippen LogP contribution in [0.1, 0.15) is 86.5 Å². The molecule has 0 bridgehead atoms. The highest BCUT2D eigenvalue weighted by Gasteiger charge is 2.55. The summed E-state index contributed by atoms with van der Waals surface area (Å²) in [6.45, 7) is 20.1. The number of fused-ring (bicyclic) bond motifs is 1. The van der Waals surface area contributed by atoms with E-state index in [1.54, 1.807) is 6.08 Å². The molecule has 0 amide bonds. The van der Waals surface area contributed by atoms with Crippen molar-refractivity contribution in [1.29, 1.82) is 0 Å². The van der Waals surface area contributed by atoms with Gasteiger partial charge in [0, 0.05) is 5.92 Å². The molecule has 1 fully saturated rings. The third kappa shape index (κ3) is 6.67. The number of allylic oxidation sites excluding steroid dienone is 2.